The number of hydrogen-bond acceptors (Lipinski definition) is 2. The van der Waals surface area contributed by atoms with Crippen LogP contribution in [0.2, 0.25) is 0 Å². The van der Waals surface area contributed by atoms with Crippen LogP contribution in [-0.4, -0.2) is 6.04 Å². The van der Waals surface area contributed by atoms with Crippen molar-refractivity contribution in [2.45, 2.75) is 40.7 Å². The molecule has 2 heteroatoms. The molecule has 0 saturated heterocycles. The lowest BCUT2D eigenvalue weighted by Crippen LogP contribution is -2.31. The summed E-state index contributed by atoms with van der Waals surface area (Å²) in [6.45, 7) is 10.9. The van der Waals surface area contributed by atoms with Crippen molar-refractivity contribution in [3.05, 3.63) is 23.8 Å². The van der Waals surface area contributed by atoms with Crippen molar-refractivity contribution in [3.8, 4) is 0 Å². The summed E-state index contributed by atoms with van der Waals surface area (Å²) >= 11 is 0. The lowest BCUT2D eigenvalue weighted by molar-refractivity contribution is 0.359. The smallest absolute Gasteiger partial charge is 0.0605 e. The first-order chi connectivity index (χ1) is 6.82. The molecule has 1 aromatic rings. The maximum absolute atomic E-state index is 5.95. The zero-order chi connectivity index (χ0) is 11.6. The van der Waals surface area contributed by atoms with Crippen LogP contribution in [0.15, 0.2) is 18.2 Å². The van der Waals surface area contributed by atoms with E-state index < -0.39 is 0 Å². The van der Waals surface area contributed by atoms with E-state index in [1.54, 1.807) is 0 Å². The van der Waals surface area contributed by atoms with Crippen LogP contribution < -0.4 is 11.1 Å². The predicted molar refractivity (Wildman–Crippen MR) is 68.1 cm³/mol. The molecule has 0 spiro atoms. The number of anilines is 2. The van der Waals surface area contributed by atoms with Gasteiger partial charge in [-0.15, -0.1) is 0 Å². The largest absolute Gasteiger partial charge is 0.397 e. The van der Waals surface area contributed by atoms with Crippen LogP contribution in [0, 0.1) is 12.3 Å². The summed E-state index contributed by atoms with van der Waals surface area (Å²) in [5, 5.41) is 3.49. The zero-order valence-corrected chi connectivity index (χ0v) is 10.4. The second-order valence-electron chi connectivity index (χ2n) is 5.27. The van der Waals surface area contributed by atoms with Gasteiger partial charge >= 0.3 is 0 Å². The number of aryl methyl sites for hydroxylation is 1. The molecule has 0 radical (unpaired) electrons. The molecule has 0 bridgehead atoms. The van der Waals surface area contributed by atoms with Crippen LogP contribution in [0.5, 0.6) is 0 Å². The van der Waals surface area contributed by atoms with Crippen LogP contribution in [0.25, 0.3) is 0 Å². The number of para-hydroxylation sites is 1. The van der Waals surface area contributed by atoms with Crippen molar-refractivity contribution in [2.24, 2.45) is 5.41 Å². The number of hydrogen-bond donors (Lipinski definition) is 2. The Morgan fingerprint density at radius 1 is 1.27 bits per heavy atom. The fourth-order valence-electron chi connectivity index (χ4n) is 1.32. The summed E-state index contributed by atoms with van der Waals surface area (Å²) in [7, 11) is 0. The molecule has 0 saturated carbocycles. The topological polar surface area (TPSA) is 38.0 Å². The Morgan fingerprint density at radius 2 is 1.87 bits per heavy atom. The van der Waals surface area contributed by atoms with Gasteiger partial charge in [0.05, 0.1) is 11.4 Å². The van der Waals surface area contributed by atoms with E-state index in [9.17, 15) is 0 Å². The molecule has 84 valence electrons. The molecule has 0 aromatic heterocycles. The fraction of sp³-hybridized carbons (Fsp3) is 0.538. The molecule has 15 heavy (non-hydrogen) atoms. The number of benzene rings is 1. The van der Waals surface area contributed by atoms with Gasteiger partial charge < -0.3 is 11.1 Å². The van der Waals surface area contributed by atoms with Crippen LogP contribution >= 0.6 is 0 Å². The summed E-state index contributed by atoms with van der Waals surface area (Å²) in [5.41, 5.74) is 9.28. The van der Waals surface area contributed by atoms with Gasteiger partial charge in [-0.2, -0.15) is 0 Å². The maximum atomic E-state index is 5.95. The first-order valence-corrected chi connectivity index (χ1v) is 5.44. The second-order valence-corrected chi connectivity index (χ2v) is 5.27. The van der Waals surface area contributed by atoms with Gasteiger partial charge in [-0.25, -0.2) is 0 Å². The van der Waals surface area contributed by atoms with Gasteiger partial charge in [-0.3, -0.25) is 0 Å². The molecule has 0 heterocycles. The van der Waals surface area contributed by atoms with E-state index in [1.165, 1.54) is 5.56 Å². The van der Waals surface area contributed by atoms with Crippen molar-refractivity contribution < 1.29 is 0 Å². The lowest BCUT2D eigenvalue weighted by atomic mass is 9.87. The van der Waals surface area contributed by atoms with Gasteiger partial charge in [0.2, 0.25) is 0 Å². The number of nitrogens with one attached hydrogen (secondary N) is 1. The average molecular weight is 206 g/mol. The Bertz CT molecular complexity index is 317. The molecule has 0 aliphatic heterocycles. The van der Waals surface area contributed by atoms with Gasteiger partial charge in [0.15, 0.2) is 0 Å². The summed E-state index contributed by atoms with van der Waals surface area (Å²) < 4.78 is 0. The van der Waals surface area contributed by atoms with Crippen molar-refractivity contribution in [3.63, 3.8) is 0 Å². The first-order valence-electron chi connectivity index (χ1n) is 5.44. The van der Waals surface area contributed by atoms with E-state index in [0.717, 1.165) is 11.4 Å². The van der Waals surface area contributed by atoms with E-state index in [0.29, 0.717) is 6.04 Å². The van der Waals surface area contributed by atoms with Crippen LogP contribution in [0.3, 0.4) is 0 Å². The number of nitrogens with two attached hydrogens (primary N) is 1. The number of rotatable bonds is 2. The van der Waals surface area contributed by atoms with Crippen LogP contribution in [0.4, 0.5) is 11.4 Å². The van der Waals surface area contributed by atoms with Crippen molar-refractivity contribution in [2.75, 3.05) is 11.1 Å². The molecule has 3 N–H and O–H groups in total. The molecular weight excluding hydrogens is 184 g/mol. The molecule has 0 aliphatic rings. The third-order valence-corrected chi connectivity index (χ3v) is 2.96. The normalized spacial score (nSPS) is 13.7. The quantitative estimate of drug-likeness (QED) is 0.728. The Labute approximate surface area is 92.9 Å². The lowest BCUT2D eigenvalue weighted by Gasteiger charge is -2.30. The highest BCUT2D eigenvalue weighted by Crippen LogP contribution is 2.28. The van der Waals surface area contributed by atoms with Gasteiger partial charge in [-0.1, -0.05) is 32.9 Å². The first kappa shape index (κ1) is 11.9. The molecule has 0 amide bonds. The Kier molecular flexibility index (Phi) is 3.28. The molecule has 2 nitrogen and oxygen atoms in total. The molecule has 0 fully saturated rings. The minimum Gasteiger partial charge on any atom is -0.397 e. The maximum Gasteiger partial charge on any atom is 0.0605 e. The standard InChI is InChI=1S/C13H22N2/c1-9-7-6-8-11(14)12(9)15-10(2)13(3,4)5/h6-8,10,15H,14H2,1-5H3. The van der Waals surface area contributed by atoms with E-state index in [2.05, 4.69) is 46.0 Å². The Hall–Kier alpha value is -1.18. The third-order valence-electron chi connectivity index (χ3n) is 2.96. The van der Waals surface area contributed by atoms with E-state index in [4.69, 9.17) is 5.73 Å². The van der Waals surface area contributed by atoms with Gasteiger partial charge in [0.25, 0.3) is 0 Å². The molecule has 1 rings (SSSR count). The highest BCUT2D eigenvalue weighted by molar-refractivity contribution is 5.70. The summed E-state index contributed by atoms with van der Waals surface area (Å²) in [6.07, 6.45) is 0. The number of nitrogen functional groups attached to an aromatic ring is 1. The van der Waals surface area contributed by atoms with Crippen molar-refractivity contribution >= 4 is 11.4 Å². The molecule has 1 aromatic carbocycles. The molecule has 1 atom stereocenters. The fourth-order valence-corrected chi connectivity index (χ4v) is 1.32. The summed E-state index contributed by atoms with van der Waals surface area (Å²) in [5.74, 6) is 0. The Balaban J connectivity index is 2.90. The predicted octanol–water partition coefficient (Wildman–Crippen LogP) is 3.42. The van der Waals surface area contributed by atoms with E-state index in [-0.39, 0.29) is 5.41 Å². The minimum atomic E-state index is 0.231. The Morgan fingerprint density at radius 3 is 2.33 bits per heavy atom. The average Bonchev–Trinajstić information content (AvgIpc) is 2.09. The SMILES string of the molecule is Cc1cccc(N)c1NC(C)C(C)(C)C. The second kappa shape index (κ2) is 4.13. The monoisotopic (exact) mass is 206 g/mol. The third kappa shape index (κ3) is 2.88. The summed E-state index contributed by atoms with van der Waals surface area (Å²) in [4.78, 5) is 0. The van der Waals surface area contributed by atoms with Gasteiger partial charge in [0.1, 0.15) is 0 Å². The van der Waals surface area contributed by atoms with Crippen LogP contribution in [-0.2, 0) is 0 Å². The van der Waals surface area contributed by atoms with Crippen molar-refractivity contribution in [1.29, 1.82) is 0 Å². The zero-order valence-electron chi connectivity index (χ0n) is 10.4. The highest BCUT2D eigenvalue weighted by atomic mass is 14.9. The van der Waals surface area contributed by atoms with E-state index in [1.807, 2.05) is 12.1 Å². The highest BCUT2D eigenvalue weighted by Gasteiger charge is 2.20. The molecule has 0 aliphatic carbocycles. The van der Waals surface area contributed by atoms with Gasteiger partial charge in [-0.05, 0) is 30.9 Å². The van der Waals surface area contributed by atoms with Gasteiger partial charge in [0, 0.05) is 6.04 Å². The van der Waals surface area contributed by atoms with Crippen molar-refractivity contribution in [1.82, 2.24) is 0 Å². The molecular formula is C13H22N2. The van der Waals surface area contributed by atoms with Crippen LogP contribution in [0.1, 0.15) is 33.3 Å². The summed E-state index contributed by atoms with van der Waals surface area (Å²) in [6, 6.07) is 6.39. The minimum absolute atomic E-state index is 0.231. The van der Waals surface area contributed by atoms with E-state index >= 15 is 0 Å². The molecule has 1 unspecified atom stereocenters.